The van der Waals surface area contributed by atoms with Gasteiger partial charge in [-0.15, -0.1) is 0 Å². The van der Waals surface area contributed by atoms with Crippen molar-refractivity contribution in [3.8, 4) is 0 Å². The first-order valence-electron chi connectivity index (χ1n) is 7.35. The van der Waals surface area contributed by atoms with Crippen LogP contribution in [0.2, 0.25) is 5.02 Å². The average Bonchev–Trinajstić information content (AvgIpc) is 3.14. The van der Waals surface area contributed by atoms with Crippen LogP contribution in [0.1, 0.15) is 19.3 Å². The summed E-state index contributed by atoms with van der Waals surface area (Å²) >= 11 is 5.91. The fourth-order valence-corrected chi connectivity index (χ4v) is 5.68. The fourth-order valence-electron chi connectivity index (χ4n) is 3.91. The van der Waals surface area contributed by atoms with Gasteiger partial charge in [0.15, 0.2) is 0 Å². The van der Waals surface area contributed by atoms with E-state index in [4.69, 9.17) is 11.6 Å². The van der Waals surface area contributed by atoms with Crippen molar-refractivity contribution in [2.75, 3.05) is 0 Å². The molecule has 0 spiro atoms. The molecule has 0 aliphatic heterocycles. The van der Waals surface area contributed by atoms with Crippen molar-refractivity contribution in [2.45, 2.75) is 41.9 Å². The number of nitrogens with zero attached hydrogens (tertiary/aromatic N) is 1. The highest BCUT2D eigenvalue weighted by molar-refractivity contribution is 7.89. The lowest BCUT2D eigenvalue weighted by molar-refractivity contribution is -0.0283. The minimum atomic E-state index is -3.89. The quantitative estimate of drug-likeness (QED) is 0.647. The van der Waals surface area contributed by atoms with E-state index in [0.717, 1.165) is 0 Å². The van der Waals surface area contributed by atoms with Crippen molar-refractivity contribution >= 4 is 32.7 Å². The minimum Gasteiger partial charge on any atom is -0.390 e. The Morgan fingerprint density at radius 1 is 1.43 bits per heavy atom. The standard InChI is InChI=1S/C14H16ClN3O4S/c15-8-3-9-10(6-17-13(9)16-5-8)23(21,22)18-14-2-1-7(4-14)11(19)12(14)20/h3,5-7,11-12,18-20H,1-2,4H2,(H,16,17)/t7?,11-,12-,14?/m0/s1. The number of nitrogens with one attached hydrogen (secondary N) is 2. The first-order chi connectivity index (χ1) is 10.8. The molecule has 2 bridgehead atoms. The van der Waals surface area contributed by atoms with Crippen LogP contribution in [0.5, 0.6) is 0 Å². The Morgan fingerprint density at radius 3 is 2.91 bits per heavy atom. The lowest BCUT2D eigenvalue weighted by Crippen LogP contribution is -2.56. The molecule has 0 aromatic carbocycles. The summed E-state index contributed by atoms with van der Waals surface area (Å²) in [7, 11) is -3.89. The molecule has 2 aliphatic carbocycles. The molecule has 2 unspecified atom stereocenters. The third-order valence-electron chi connectivity index (χ3n) is 5.05. The first-order valence-corrected chi connectivity index (χ1v) is 9.21. The van der Waals surface area contributed by atoms with Crippen molar-refractivity contribution in [1.82, 2.24) is 14.7 Å². The maximum atomic E-state index is 12.8. The molecule has 9 heteroatoms. The van der Waals surface area contributed by atoms with Crippen LogP contribution >= 0.6 is 11.6 Å². The molecule has 4 N–H and O–H groups in total. The van der Waals surface area contributed by atoms with Gasteiger partial charge in [0.2, 0.25) is 10.0 Å². The SMILES string of the molecule is O=S(=O)(NC12CCC(C1)[C@H](O)[C@@H]2O)c1c[nH]c2ncc(Cl)cc12. The Kier molecular flexibility index (Phi) is 3.27. The van der Waals surface area contributed by atoms with Crippen molar-refractivity contribution < 1.29 is 18.6 Å². The number of halogens is 1. The van der Waals surface area contributed by atoms with E-state index in [0.29, 0.717) is 35.3 Å². The molecule has 2 aliphatic rings. The van der Waals surface area contributed by atoms with E-state index in [1.54, 1.807) is 0 Å². The Bertz CT molecular complexity index is 883. The summed E-state index contributed by atoms with van der Waals surface area (Å²) in [4.78, 5) is 6.89. The summed E-state index contributed by atoms with van der Waals surface area (Å²) in [6.07, 6.45) is 2.46. The monoisotopic (exact) mass is 357 g/mol. The molecule has 2 aromatic rings. The second kappa shape index (κ2) is 4.90. The highest BCUT2D eigenvalue weighted by atomic mass is 35.5. The molecule has 2 saturated carbocycles. The van der Waals surface area contributed by atoms with Gasteiger partial charge in [-0.3, -0.25) is 0 Å². The Labute approximate surface area is 137 Å². The second-order valence-electron chi connectivity index (χ2n) is 6.40. The summed E-state index contributed by atoms with van der Waals surface area (Å²) in [5.74, 6) is -0.0632. The fraction of sp³-hybridized carbons (Fsp3) is 0.500. The van der Waals surface area contributed by atoms with Gasteiger partial charge in [0.1, 0.15) is 10.5 Å². The van der Waals surface area contributed by atoms with E-state index in [1.165, 1.54) is 18.5 Å². The van der Waals surface area contributed by atoms with Crippen molar-refractivity contribution in [3.05, 3.63) is 23.5 Å². The summed E-state index contributed by atoms with van der Waals surface area (Å²) in [6, 6.07) is 1.53. The van der Waals surface area contributed by atoms with Crippen molar-refractivity contribution in [3.63, 3.8) is 0 Å². The molecule has 0 radical (unpaired) electrons. The number of pyridine rings is 1. The number of aromatic amines is 1. The Morgan fingerprint density at radius 2 is 2.22 bits per heavy atom. The van der Waals surface area contributed by atoms with Crippen LogP contribution in [0.25, 0.3) is 11.0 Å². The number of hydrogen-bond donors (Lipinski definition) is 4. The molecular formula is C14H16ClN3O4S. The molecule has 0 saturated heterocycles. The minimum absolute atomic E-state index is 0.0360. The molecule has 23 heavy (non-hydrogen) atoms. The van der Waals surface area contributed by atoms with E-state index in [-0.39, 0.29) is 10.8 Å². The van der Waals surface area contributed by atoms with Crippen LogP contribution in [-0.2, 0) is 10.0 Å². The van der Waals surface area contributed by atoms with Gasteiger partial charge in [0, 0.05) is 17.8 Å². The number of sulfonamides is 1. The third kappa shape index (κ3) is 2.20. The second-order valence-corrected chi connectivity index (χ2v) is 8.49. The number of fused-ring (bicyclic) bond motifs is 3. The normalized spacial score (nSPS) is 33.6. The zero-order valence-corrected chi connectivity index (χ0v) is 13.6. The largest absolute Gasteiger partial charge is 0.390 e. The van der Waals surface area contributed by atoms with Gasteiger partial charge < -0.3 is 15.2 Å². The molecule has 124 valence electrons. The van der Waals surface area contributed by atoms with Crippen LogP contribution in [-0.4, -0.2) is 46.3 Å². The zero-order valence-electron chi connectivity index (χ0n) is 12.0. The lowest BCUT2D eigenvalue weighted by atomic mass is 9.90. The number of hydrogen-bond acceptors (Lipinski definition) is 5. The predicted octanol–water partition coefficient (Wildman–Crippen LogP) is 0.769. The smallest absolute Gasteiger partial charge is 0.243 e. The molecule has 7 nitrogen and oxygen atoms in total. The van der Waals surface area contributed by atoms with E-state index >= 15 is 0 Å². The average molecular weight is 358 g/mol. The van der Waals surface area contributed by atoms with Crippen LogP contribution in [0.4, 0.5) is 0 Å². The molecule has 4 atom stereocenters. The summed E-state index contributed by atoms with van der Waals surface area (Å²) in [6.45, 7) is 0. The lowest BCUT2D eigenvalue weighted by Gasteiger charge is -2.34. The predicted molar refractivity (Wildman–Crippen MR) is 83.5 cm³/mol. The maximum absolute atomic E-state index is 12.8. The van der Waals surface area contributed by atoms with Crippen LogP contribution in [0.3, 0.4) is 0 Å². The van der Waals surface area contributed by atoms with Crippen LogP contribution < -0.4 is 4.72 Å². The number of aromatic nitrogens is 2. The van der Waals surface area contributed by atoms with Crippen molar-refractivity contribution in [2.24, 2.45) is 5.92 Å². The van der Waals surface area contributed by atoms with Gasteiger partial charge in [-0.05, 0) is 31.2 Å². The summed E-state index contributed by atoms with van der Waals surface area (Å²) in [5.41, 5.74) is -0.581. The molecule has 2 heterocycles. The third-order valence-corrected chi connectivity index (χ3v) is 6.85. The van der Waals surface area contributed by atoms with Gasteiger partial charge in [-0.1, -0.05) is 11.6 Å². The van der Waals surface area contributed by atoms with E-state index in [2.05, 4.69) is 14.7 Å². The summed E-state index contributed by atoms with van der Waals surface area (Å²) in [5, 5.41) is 20.9. The number of aliphatic hydroxyl groups is 2. The molecule has 4 rings (SSSR count). The van der Waals surface area contributed by atoms with Gasteiger partial charge in [0.25, 0.3) is 0 Å². The Hall–Kier alpha value is -1.19. The van der Waals surface area contributed by atoms with E-state index in [1.807, 2.05) is 0 Å². The molecule has 2 aromatic heterocycles. The molecular weight excluding hydrogens is 342 g/mol. The maximum Gasteiger partial charge on any atom is 0.243 e. The zero-order chi connectivity index (χ0) is 16.4. The van der Waals surface area contributed by atoms with Gasteiger partial charge in [-0.25, -0.2) is 18.1 Å². The first kappa shape index (κ1) is 15.3. The number of aliphatic hydroxyl groups excluding tert-OH is 2. The van der Waals surface area contributed by atoms with E-state index < -0.39 is 27.8 Å². The van der Waals surface area contributed by atoms with Crippen molar-refractivity contribution in [1.29, 1.82) is 0 Å². The van der Waals surface area contributed by atoms with Crippen LogP contribution in [0.15, 0.2) is 23.4 Å². The highest BCUT2D eigenvalue weighted by Crippen LogP contribution is 2.48. The van der Waals surface area contributed by atoms with Crippen LogP contribution in [0, 0.1) is 5.92 Å². The van der Waals surface area contributed by atoms with E-state index in [9.17, 15) is 18.6 Å². The molecule has 2 fully saturated rings. The van der Waals surface area contributed by atoms with Gasteiger partial charge >= 0.3 is 0 Å². The molecule has 0 amide bonds. The summed E-state index contributed by atoms with van der Waals surface area (Å²) < 4.78 is 28.3. The van der Waals surface area contributed by atoms with Gasteiger partial charge in [0.05, 0.1) is 22.8 Å². The topological polar surface area (TPSA) is 115 Å². The number of H-pyrrole nitrogens is 1. The van der Waals surface area contributed by atoms with Gasteiger partial charge in [-0.2, -0.15) is 0 Å². The number of rotatable bonds is 3. The highest BCUT2D eigenvalue weighted by Gasteiger charge is 2.58. The Balaban J connectivity index is 1.74.